The van der Waals surface area contributed by atoms with Gasteiger partial charge in [0.25, 0.3) is 5.91 Å². The molecule has 1 spiro atoms. The quantitative estimate of drug-likeness (QED) is 0.791. The number of likely N-dealkylation sites (tertiary alicyclic amines) is 2. The Morgan fingerprint density at radius 1 is 1.09 bits per heavy atom. The van der Waals surface area contributed by atoms with E-state index >= 15 is 0 Å². The zero-order valence-corrected chi connectivity index (χ0v) is 14.5. The van der Waals surface area contributed by atoms with Crippen LogP contribution in [0.25, 0.3) is 0 Å². The van der Waals surface area contributed by atoms with Crippen molar-refractivity contribution in [2.75, 3.05) is 33.2 Å². The maximum atomic E-state index is 13.0. The van der Waals surface area contributed by atoms with Gasteiger partial charge in [-0.25, -0.2) is 0 Å². The number of hydrogen-bond acceptors (Lipinski definition) is 3. The Hall–Kier alpha value is -1.62. The molecule has 3 heterocycles. The lowest BCUT2D eigenvalue weighted by molar-refractivity contribution is 0.0201. The van der Waals surface area contributed by atoms with Crippen LogP contribution in [0.15, 0.2) is 16.9 Å². The number of piperidine rings is 2. The van der Waals surface area contributed by atoms with E-state index in [-0.39, 0.29) is 16.8 Å². The van der Waals surface area contributed by atoms with E-state index in [0.717, 1.165) is 38.3 Å². The van der Waals surface area contributed by atoms with Crippen molar-refractivity contribution in [1.82, 2.24) is 14.4 Å². The van der Waals surface area contributed by atoms with Crippen LogP contribution in [0.2, 0.25) is 0 Å². The number of hydrogen-bond donors (Lipinski definition) is 0. The van der Waals surface area contributed by atoms with Crippen molar-refractivity contribution in [3.8, 4) is 0 Å². The fraction of sp³-hybridized carbons (Fsp3) is 0.667. The van der Waals surface area contributed by atoms with Crippen LogP contribution in [-0.4, -0.2) is 53.5 Å². The van der Waals surface area contributed by atoms with E-state index in [9.17, 15) is 9.59 Å². The molecule has 1 atom stereocenters. The number of amides is 1. The molecule has 0 N–H and O–H groups in total. The Labute approximate surface area is 137 Å². The van der Waals surface area contributed by atoms with Gasteiger partial charge < -0.3 is 14.4 Å². The van der Waals surface area contributed by atoms with Crippen LogP contribution in [0.5, 0.6) is 0 Å². The Morgan fingerprint density at radius 3 is 2.48 bits per heavy atom. The number of aryl methyl sites for hydroxylation is 1. The van der Waals surface area contributed by atoms with Crippen LogP contribution < -0.4 is 5.43 Å². The highest BCUT2D eigenvalue weighted by Crippen LogP contribution is 2.38. The number of rotatable bonds is 1. The molecule has 126 valence electrons. The molecule has 2 saturated heterocycles. The SMILES string of the molecule is Cc1cc(=O)cc(C(=O)N2CCC[C@]3(CCCN(C)C3)C2)n1C. The topological polar surface area (TPSA) is 45.6 Å². The Balaban J connectivity index is 1.84. The predicted octanol–water partition coefficient (Wildman–Crippen LogP) is 1.64. The molecule has 2 aliphatic heterocycles. The third-order valence-electron chi connectivity index (χ3n) is 5.54. The van der Waals surface area contributed by atoms with E-state index in [1.165, 1.54) is 25.3 Å². The summed E-state index contributed by atoms with van der Waals surface area (Å²) in [6.45, 7) is 5.71. The molecule has 2 fully saturated rings. The zero-order valence-electron chi connectivity index (χ0n) is 14.5. The Morgan fingerprint density at radius 2 is 1.78 bits per heavy atom. The van der Waals surface area contributed by atoms with Gasteiger partial charge in [-0.3, -0.25) is 9.59 Å². The van der Waals surface area contributed by atoms with Crippen molar-refractivity contribution < 1.29 is 4.79 Å². The number of carbonyl (C=O) groups is 1. The summed E-state index contributed by atoms with van der Waals surface area (Å²) < 4.78 is 1.83. The van der Waals surface area contributed by atoms with Crippen LogP contribution in [0, 0.1) is 12.3 Å². The molecule has 5 heteroatoms. The first kappa shape index (κ1) is 16.2. The molecule has 0 aliphatic carbocycles. The maximum absolute atomic E-state index is 13.0. The lowest BCUT2D eigenvalue weighted by Crippen LogP contribution is -2.53. The van der Waals surface area contributed by atoms with Gasteiger partial charge in [0.2, 0.25) is 0 Å². The smallest absolute Gasteiger partial charge is 0.270 e. The summed E-state index contributed by atoms with van der Waals surface area (Å²) in [6.07, 6.45) is 4.67. The minimum absolute atomic E-state index is 0.000557. The summed E-state index contributed by atoms with van der Waals surface area (Å²) in [5.41, 5.74) is 1.48. The highest BCUT2D eigenvalue weighted by Gasteiger charge is 2.40. The first-order chi connectivity index (χ1) is 10.9. The van der Waals surface area contributed by atoms with Crippen molar-refractivity contribution in [3.05, 3.63) is 33.7 Å². The first-order valence-corrected chi connectivity index (χ1v) is 8.56. The zero-order chi connectivity index (χ0) is 16.6. The lowest BCUT2D eigenvalue weighted by atomic mass is 9.74. The fourth-order valence-electron chi connectivity index (χ4n) is 4.30. The van der Waals surface area contributed by atoms with Gasteiger partial charge in [-0.15, -0.1) is 0 Å². The lowest BCUT2D eigenvalue weighted by Gasteiger charge is -2.47. The van der Waals surface area contributed by atoms with Crippen molar-refractivity contribution >= 4 is 5.91 Å². The highest BCUT2D eigenvalue weighted by molar-refractivity contribution is 5.92. The molecular weight excluding hydrogens is 290 g/mol. The second kappa shape index (κ2) is 6.11. The van der Waals surface area contributed by atoms with E-state index in [0.29, 0.717) is 5.69 Å². The van der Waals surface area contributed by atoms with Crippen LogP contribution in [-0.2, 0) is 7.05 Å². The van der Waals surface area contributed by atoms with Crippen LogP contribution in [0.3, 0.4) is 0 Å². The third-order valence-corrected chi connectivity index (χ3v) is 5.54. The van der Waals surface area contributed by atoms with Gasteiger partial charge >= 0.3 is 0 Å². The summed E-state index contributed by atoms with van der Waals surface area (Å²) in [6, 6.07) is 3.05. The second-order valence-corrected chi connectivity index (χ2v) is 7.45. The molecular formula is C18H27N3O2. The van der Waals surface area contributed by atoms with Gasteiger partial charge in [-0.1, -0.05) is 0 Å². The largest absolute Gasteiger partial charge is 0.344 e. The van der Waals surface area contributed by atoms with E-state index in [1.807, 2.05) is 23.4 Å². The van der Waals surface area contributed by atoms with Gasteiger partial charge in [0, 0.05) is 49.9 Å². The molecule has 0 saturated carbocycles. The molecule has 1 aromatic heterocycles. The van der Waals surface area contributed by atoms with E-state index < -0.39 is 0 Å². The molecule has 0 unspecified atom stereocenters. The first-order valence-electron chi connectivity index (χ1n) is 8.56. The molecule has 23 heavy (non-hydrogen) atoms. The van der Waals surface area contributed by atoms with E-state index in [1.54, 1.807) is 6.07 Å². The molecule has 2 aliphatic rings. The average Bonchev–Trinajstić information content (AvgIpc) is 2.50. The van der Waals surface area contributed by atoms with Crippen LogP contribution in [0.4, 0.5) is 0 Å². The summed E-state index contributed by atoms with van der Waals surface area (Å²) in [4.78, 5) is 29.1. The second-order valence-electron chi connectivity index (χ2n) is 7.45. The molecule has 0 aromatic carbocycles. The van der Waals surface area contributed by atoms with Gasteiger partial charge in [0.1, 0.15) is 5.69 Å². The van der Waals surface area contributed by atoms with Crippen LogP contribution in [0.1, 0.15) is 41.9 Å². The van der Waals surface area contributed by atoms with Crippen molar-refractivity contribution in [1.29, 1.82) is 0 Å². The molecule has 0 bridgehead atoms. The van der Waals surface area contributed by atoms with Gasteiger partial charge in [-0.2, -0.15) is 0 Å². The van der Waals surface area contributed by atoms with Gasteiger partial charge in [0.05, 0.1) is 0 Å². The van der Waals surface area contributed by atoms with Crippen molar-refractivity contribution in [2.24, 2.45) is 12.5 Å². The highest BCUT2D eigenvalue weighted by atomic mass is 16.2. The van der Waals surface area contributed by atoms with Crippen molar-refractivity contribution in [3.63, 3.8) is 0 Å². The number of carbonyl (C=O) groups excluding carboxylic acids is 1. The summed E-state index contributed by atoms with van der Waals surface area (Å²) in [7, 11) is 4.03. The van der Waals surface area contributed by atoms with Gasteiger partial charge in [-0.05, 0) is 46.2 Å². The minimum Gasteiger partial charge on any atom is -0.344 e. The number of nitrogens with zero attached hydrogens (tertiary/aromatic N) is 3. The minimum atomic E-state index is -0.0897. The van der Waals surface area contributed by atoms with E-state index in [2.05, 4.69) is 11.9 Å². The summed E-state index contributed by atoms with van der Waals surface area (Å²) >= 11 is 0. The van der Waals surface area contributed by atoms with Crippen molar-refractivity contribution in [2.45, 2.75) is 32.6 Å². The Kier molecular flexibility index (Phi) is 4.32. The molecule has 5 nitrogen and oxygen atoms in total. The Bertz CT molecular complexity index is 663. The fourth-order valence-corrected chi connectivity index (χ4v) is 4.30. The predicted molar refractivity (Wildman–Crippen MR) is 90.7 cm³/mol. The average molecular weight is 317 g/mol. The monoisotopic (exact) mass is 317 g/mol. The third kappa shape index (κ3) is 3.20. The molecule has 1 aromatic rings. The standard InChI is InChI=1S/C18H27N3O2/c1-14-10-15(22)11-16(20(14)3)17(23)21-9-5-7-18(13-21)6-4-8-19(2)12-18/h10-11H,4-9,12-13H2,1-3H3/t18-/m0/s1. The van der Waals surface area contributed by atoms with Gasteiger partial charge in [0.15, 0.2) is 5.43 Å². The normalized spacial score (nSPS) is 25.8. The number of pyridine rings is 1. The number of aromatic nitrogens is 1. The molecule has 3 rings (SSSR count). The summed E-state index contributed by atoms with van der Waals surface area (Å²) in [5, 5.41) is 0. The molecule has 1 amide bonds. The molecule has 0 radical (unpaired) electrons. The van der Waals surface area contributed by atoms with E-state index in [4.69, 9.17) is 0 Å². The van der Waals surface area contributed by atoms with Crippen LogP contribution >= 0.6 is 0 Å². The summed E-state index contributed by atoms with van der Waals surface area (Å²) in [5.74, 6) is 0.000557. The maximum Gasteiger partial charge on any atom is 0.270 e.